The minimum absolute atomic E-state index is 1.26. The first-order valence-corrected chi connectivity index (χ1v) is 4.22. The monoisotopic (exact) mass is 158 g/mol. The van der Waals surface area contributed by atoms with Gasteiger partial charge in [-0.05, 0) is 31.0 Å². The van der Waals surface area contributed by atoms with Gasteiger partial charge in [-0.25, -0.2) is 0 Å². The molecule has 1 rings (SSSR count). The van der Waals surface area contributed by atoms with Gasteiger partial charge in [0.05, 0.1) is 0 Å². The lowest BCUT2D eigenvalue weighted by atomic mass is 10.1. The largest absolute Gasteiger partial charge is 0.0871 e. The van der Waals surface area contributed by atoms with Crippen molar-refractivity contribution in [2.24, 2.45) is 0 Å². The van der Waals surface area contributed by atoms with E-state index < -0.39 is 0 Å². The van der Waals surface area contributed by atoms with Crippen LogP contribution >= 0.6 is 0 Å². The average Bonchev–Trinajstić information content (AvgIpc) is 2.06. The molecule has 0 N–H and O–H groups in total. The maximum atomic E-state index is 2.17. The fourth-order valence-corrected chi connectivity index (χ4v) is 1.15. The second-order valence-corrected chi connectivity index (χ2v) is 2.67. The summed E-state index contributed by atoms with van der Waals surface area (Å²) in [5.74, 6) is 0. The smallest absolute Gasteiger partial charge is 0.0254 e. The van der Waals surface area contributed by atoms with Crippen LogP contribution in [0.4, 0.5) is 0 Å². The number of benzene rings is 1. The molecular formula is C12H14. The van der Waals surface area contributed by atoms with Crippen LogP contribution in [0.3, 0.4) is 0 Å². The summed E-state index contributed by atoms with van der Waals surface area (Å²) in [4.78, 5) is 0. The molecule has 0 bridgehead atoms. The molecular weight excluding hydrogens is 144 g/mol. The first-order valence-electron chi connectivity index (χ1n) is 4.22. The van der Waals surface area contributed by atoms with Crippen molar-refractivity contribution in [3.8, 4) is 0 Å². The lowest BCUT2D eigenvalue weighted by Gasteiger charge is -1.95. The molecule has 62 valence electrons. The van der Waals surface area contributed by atoms with Gasteiger partial charge in [-0.2, -0.15) is 0 Å². The molecule has 0 saturated heterocycles. The molecule has 1 aromatic rings. The molecule has 1 aromatic carbocycles. The molecule has 0 amide bonds. The average molecular weight is 158 g/mol. The van der Waals surface area contributed by atoms with Gasteiger partial charge in [-0.3, -0.25) is 0 Å². The van der Waals surface area contributed by atoms with Gasteiger partial charge in [0, 0.05) is 0 Å². The van der Waals surface area contributed by atoms with Gasteiger partial charge < -0.3 is 0 Å². The van der Waals surface area contributed by atoms with E-state index in [9.17, 15) is 0 Å². The van der Waals surface area contributed by atoms with Crippen molar-refractivity contribution >= 4 is 12.2 Å². The zero-order valence-electron chi connectivity index (χ0n) is 7.62. The summed E-state index contributed by atoms with van der Waals surface area (Å²) < 4.78 is 0. The highest BCUT2D eigenvalue weighted by Crippen LogP contribution is 2.08. The van der Waals surface area contributed by atoms with Crippen molar-refractivity contribution in [1.82, 2.24) is 0 Å². The second-order valence-electron chi connectivity index (χ2n) is 2.67. The van der Waals surface area contributed by atoms with Crippen LogP contribution in [0.5, 0.6) is 0 Å². The molecule has 0 atom stereocenters. The summed E-state index contributed by atoms with van der Waals surface area (Å²) in [6.45, 7) is 4.06. The van der Waals surface area contributed by atoms with Crippen LogP contribution in [0.25, 0.3) is 12.2 Å². The van der Waals surface area contributed by atoms with Crippen LogP contribution in [0.15, 0.2) is 36.4 Å². The summed E-state index contributed by atoms with van der Waals surface area (Å²) >= 11 is 0. The van der Waals surface area contributed by atoms with E-state index in [0.717, 1.165) is 0 Å². The van der Waals surface area contributed by atoms with Crippen molar-refractivity contribution in [3.63, 3.8) is 0 Å². The summed E-state index contributed by atoms with van der Waals surface area (Å²) in [5, 5.41) is 0. The van der Waals surface area contributed by atoms with E-state index in [2.05, 4.69) is 48.6 Å². The Labute approximate surface area is 74.2 Å². The highest BCUT2D eigenvalue weighted by Gasteiger charge is 1.87. The molecule has 0 aliphatic rings. The number of rotatable bonds is 2. The summed E-state index contributed by atoms with van der Waals surface area (Å²) in [5.41, 5.74) is 2.52. The normalized spacial score (nSPS) is 11.5. The minimum atomic E-state index is 1.26. The van der Waals surface area contributed by atoms with Gasteiger partial charge in [0.15, 0.2) is 0 Å². The second kappa shape index (κ2) is 4.55. The van der Waals surface area contributed by atoms with Crippen LogP contribution in [-0.2, 0) is 0 Å². The van der Waals surface area contributed by atoms with Crippen LogP contribution in [0.2, 0.25) is 0 Å². The highest BCUT2D eigenvalue weighted by atomic mass is 13.9. The molecule has 12 heavy (non-hydrogen) atoms. The van der Waals surface area contributed by atoms with Gasteiger partial charge in [0.1, 0.15) is 0 Å². The van der Waals surface area contributed by atoms with Crippen LogP contribution in [0, 0.1) is 0 Å². The van der Waals surface area contributed by atoms with E-state index in [4.69, 9.17) is 0 Å². The molecule has 0 aromatic heterocycles. The highest BCUT2D eigenvalue weighted by molar-refractivity contribution is 5.57. The molecule has 0 nitrogen and oxygen atoms in total. The van der Waals surface area contributed by atoms with Crippen molar-refractivity contribution in [3.05, 3.63) is 47.5 Å². The zero-order chi connectivity index (χ0) is 8.81. The first kappa shape index (κ1) is 8.79. The van der Waals surface area contributed by atoms with Gasteiger partial charge in [-0.1, -0.05) is 42.5 Å². The van der Waals surface area contributed by atoms with Crippen molar-refractivity contribution in [1.29, 1.82) is 0 Å². The fourth-order valence-electron chi connectivity index (χ4n) is 1.15. The molecule has 0 aliphatic carbocycles. The number of hydrogen-bond acceptors (Lipinski definition) is 0. The van der Waals surface area contributed by atoms with Gasteiger partial charge in [0.25, 0.3) is 0 Å². The third-order valence-electron chi connectivity index (χ3n) is 1.63. The molecule has 0 heteroatoms. The molecule has 0 aliphatic heterocycles. The Morgan fingerprint density at radius 1 is 0.917 bits per heavy atom. The van der Waals surface area contributed by atoms with Gasteiger partial charge in [-0.15, -0.1) is 0 Å². The predicted octanol–water partition coefficient (Wildman–Crippen LogP) is 3.75. The lowest BCUT2D eigenvalue weighted by molar-refractivity contribution is 1.60. The molecule has 0 radical (unpaired) electrons. The Kier molecular flexibility index (Phi) is 3.34. The molecule has 0 spiro atoms. The topological polar surface area (TPSA) is 0 Å². The number of allylic oxidation sites excluding steroid dienone is 2. The van der Waals surface area contributed by atoms with Crippen LogP contribution in [0.1, 0.15) is 25.0 Å². The number of hydrogen-bond donors (Lipinski definition) is 0. The fraction of sp³-hybridized carbons (Fsp3) is 0.167. The summed E-state index contributed by atoms with van der Waals surface area (Å²) in [7, 11) is 0. The maximum absolute atomic E-state index is 2.17. The van der Waals surface area contributed by atoms with Gasteiger partial charge in [0.2, 0.25) is 0 Å². The Morgan fingerprint density at radius 2 is 1.42 bits per heavy atom. The quantitative estimate of drug-likeness (QED) is 0.615. The first-order chi connectivity index (χ1) is 5.86. The summed E-state index contributed by atoms with van der Waals surface area (Å²) in [6.07, 6.45) is 8.31. The molecule has 0 saturated carbocycles. The Morgan fingerprint density at radius 3 is 1.83 bits per heavy atom. The van der Waals surface area contributed by atoms with E-state index in [-0.39, 0.29) is 0 Å². The predicted molar refractivity (Wildman–Crippen MR) is 55.9 cm³/mol. The van der Waals surface area contributed by atoms with Crippen molar-refractivity contribution in [2.45, 2.75) is 13.8 Å². The van der Waals surface area contributed by atoms with Gasteiger partial charge >= 0.3 is 0 Å². The minimum Gasteiger partial charge on any atom is -0.0871 e. The van der Waals surface area contributed by atoms with Crippen LogP contribution < -0.4 is 0 Å². The van der Waals surface area contributed by atoms with E-state index in [1.807, 2.05) is 13.8 Å². The van der Waals surface area contributed by atoms with Crippen LogP contribution in [-0.4, -0.2) is 0 Å². The lowest BCUT2D eigenvalue weighted by Crippen LogP contribution is -1.74. The van der Waals surface area contributed by atoms with E-state index >= 15 is 0 Å². The standard InChI is InChI=1S/C12H14/c1-3-6-11-8-5-9-12(10-11)7-4-2/h3-10H,1-2H3/b6-3-,7-4+. The van der Waals surface area contributed by atoms with Crippen molar-refractivity contribution < 1.29 is 0 Å². The molecule has 0 unspecified atom stereocenters. The van der Waals surface area contributed by atoms with E-state index in [0.29, 0.717) is 0 Å². The zero-order valence-corrected chi connectivity index (χ0v) is 7.62. The Hall–Kier alpha value is -1.30. The van der Waals surface area contributed by atoms with Crippen molar-refractivity contribution in [2.75, 3.05) is 0 Å². The third-order valence-corrected chi connectivity index (χ3v) is 1.63. The molecule has 0 fully saturated rings. The Bertz CT molecular complexity index is 265. The Balaban J connectivity index is 2.95. The van der Waals surface area contributed by atoms with E-state index in [1.54, 1.807) is 0 Å². The summed E-state index contributed by atoms with van der Waals surface area (Å²) in [6, 6.07) is 8.45. The maximum Gasteiger partial charge on any atom is -0.0254 e. The SMILES string of the molecule is C/C=C\c1cccc(/C=C/C)c1. The third kappa shape index (κ3) is 2.39. The molecule has 0 heterocycles. The van der Waals surface area contributed by atoms with E-state index in [1.165, 1.54) is 11.1 Å².